The number of rotatable bonds is 3. The number of nitrogens with one attached hydrogen (secondary N) is 1. The van der Waals surface area contributed by atoms with E-state index in [4.69, 9.17) is 0 Å². The van der Waals surface area contributed by atoms with Crippen molar-refractivity contribution in [3.63, 3.8) is 0 Å². The van der Waals surface area contributed by atoms with Gasteiger partial charge in [0.25, 0.3) is 5.91 Å². The zero-order valence-electron chi connectivity index (χ0n) is 11.7. The number of phenolic OH excluding ortho intramolecular Hbond substituents is 1. The fourth-order valence-electron chi connectivity index (χ4n) is 2.82. The first-order valence-electron chi connectivity index (χ1n) is 6.44. The van der Waals surface area contributed by atoms with Crippen molar-refractivity contribution in [3.8, 4) is 5.75 Å². The van der Waals surface area contributed by atoms with Gasteiger partial charge in [-0.05, 0) is 34.9 Å². The molecule has 2 rings (SSSR count). The van der Waals surface area contributed by atoms with Crippen LogP contribution in [0.5, 0.6) is 5.75 Å². The fraction of sp³-hybridized carbons (Fsp3) is 0.533. The Morgan fingerprint density at radius 1 is 1.32 bits per heavy atom. The molecule has 1 fully saturated rings. The first-order valence-corrected chi connectivity index (χ1v) is 6.44. The van der Waals surface area contributed by atoms with Crippen LogP contribution in [-0.4, -0.2) is 17.6 Å². The van der Waals surface area contributed by atoms with Gasteiger partial charge in [-0.15, -0.1) is 0 Å². The van der Waals surface area contributed by atoms with Crippen LogP contribution in [0.1, 0.15) is 38.1 Å². The number of aromatic hydroxyl groups is 1. The minimum absolute atomic E-state index is 0.0173. The summed E-state index contributed by atoms with van der Waals surface area (Å²) >= 11 is 0. The summed E-state index contributed by atoms with van der Waals surface area (Å²) in [4.78, 5) is 11.9. The third-order valence-electron chi connectivity index (χ3n) is 4.99. The van der Waals surface area contributed by atoms with Gasteiger partial charge in [-0.1, -0.05) is 27.7 Å². The number of hydrogen-bond donors (Lipinski definition) is 2. The Bertz CT molecular complexity index is 509. The van der Waals surface area contributed by atoms with E-state index < -0.39 is 11.7 Å². The summed E-state index contributed by atoms with van der Waals surface area (Å²) in [7, 11) is 0. The molecule has 0 atom stereocenters. The van der Waals surface area contributed by atoms with Crippen LogP contribution >= 0.6 is 0 Å². The van der Waals surface area contributed by atoms with Crippen LogP contribution in [0.4, 0.5) is 4.39 Å². The highest BCUT2D eigenvalue weighted by Crippen LogP contribution is 2.67. The van der Waals surface area contributed by atoms with E-state index in [-0.39, 0.29) is 22.1 Å². The van der Waals surface area contributed by atoms with E-state index >= 15 is 0 Å². The van der Waals surface area contributed by atoms with Crippen molar-refractivity contribution < 1.29 is 14.3 Å². The molecule has 0 aliphatic heterocycles. The molecular weight excluding hydrogens is 245 g/mol. The largest absolute Gasteiger partial charge is 0.507 e. The minimum Gasteiger partial charge on any atom is -0.507 e. The van der Waals surface area contributed by atoms with E-state index in [0.717, 1.165) is 12.1 Å². The lowest BCUT2D eigenvalue weighted by Gasteiger charge is -2.08. The lowest BCUT2D eigenvalue weighted by atomic mass is 10.0. The minimum atomic E-state index is -0.532. The summed E-state index contributed by atoms with van der Waals surface area (Å²) in [5, 5.41) is 12.3. The maximum atomic E-state index is 13.1. The second-order valence-corrected chi connectivity index (χ2v) is 6.37. The van der Waals surface area contributed by atoms with E-state index in [1.54, 1.807) is 0 Å². The molecule has 3 nitrogen and oxygen atoms in total. The zero-order chi connectivity index (χ0) is 14.4. The van der Waals surface area contributed by atoms with Gasteiger partial charge in [-0.25, -0.2) is 4.39 Å². The SMILES string of the molecule is CC1(C)C(CNC(=O)c2cc(F)ccc2O)C1(C)C. The molecule has 0 aromatic heterocycles. The molecule has 0 spiro atoms. The fourth-order valence-corrected chi connectivity index (χ4v) is 2.82. The molecule has 1 aromatic rings. The highest BCUT2D eigenvalue weighted by molar-refractivity contribution is 5.96. The number of carbonyl (C=O) groups excluding carboxylic acids is 1. The summed E-state index contributed by atoms with van der Waals surface area (Å²) in [5.41, 5.74) is 0.352. The van der Waals surface area contributed by atoms with Crippen LogP contribution in [0.3, 0.4) is 0 Å². The van der Waals surface area contributed by atoms with Gasteiger partial charge >= 0.3 is 0 Å². The van der Waals surface area contributed by atoms with Crippen molar-refractivity contribution in [2.75, 3.05) is 6.54 Å². The van der Waals surface area contributed by atoms with E-state index in [1.807, 2.05) is 0 Å². The summed E-state index contributed by atoms with van der Waals surface area (Å²) in [6.45, 7) is 9.22. The van der Waals surface area contributed by atoms with E-state index in [1.165, 1.54) is 6.07 Å². The Kier molecular flexibility index (Phi) is 3.07. The molecule has 0 heterocycles. The second-order valence-electron chi connectivity index (χ2n) is 6.37. The number of halogens is 1. The van der Waals surface area contributed by atoms with Gasteiger partial charge in [0, 0.05) is 6.54 Å². The Balaban J connectivity index is 2.02. The van der Waals surface area contributed by atoms with Crippen molar-refractivity contribution in [3.05, 3.63) is 29.6 Å². The first kappa shape index (κ1) is 13.8. The molecule has 0 saturated heterocycles. The van der Waals surface area contributed by atoms with Gasteiger partial charge in [0.2, 0.25) is 0 Å². The maximum Gasteiger partial charge on any atom is 0.255 e. The first-order chi connectivity index (χ1) is 8.68. The topological polar surface area (TPSA) is 49.3 Å². The molecule has 0 radical (unpaired) electrons. The summed E-state index contributed by atoms with van der Waals surface area (Å²) in [6.07, 6.45) is 0. The van der Waals surface area contributed by atoms with Gasteiger partial charge in [0.05, 0.1) is 5.56 Å². The molecule has 104 valence electrons. The molecule has 1 saturated carbocycles. The van der Waals surface area contributed by atoms with Crippen LogP contribution in [0.2, 0.25) is 0 Å². The predicted molar refractivity (Wildman–Crippen MR) is 71.5 cm³/mol. The standard InChI is InChI=1S/C15H20FNO2/c1-14(2)12(15(14,3)4)8-17-13(19)10-7-9(16)5-6-11(10)18/h5-7,12,18H,8H2,1-4H3,(H,17,19). The predicted octanol–water partition coefficient (Wildman–Crippen LogP) is 2.94. The summed E-state index contributed by atoms with van der Waals surface area (Å²) in [6, 6.07) is 3.36. The van der Waals surface area contributed by atoms with Gasteiger partial charge < -0.3 is 10.4 Å². The number of amides is 1. The molecule has 4 heteroatoms. The Morgan fingerprint density at radius 2 is 1.89 bits per heavy atom. The molecule has 1 aromatic carbocycles. The van der Waals surface area contributed by atoms with Crippen LogP contribution in [0.15, 0.2) is 18.2 Å². The number of hydrogen-bond acceptors (Lipinski definition) is 2. The molecule has 0 unspecified atom stereocenters. The Morgan fingerprint density at radius 3 is 2.42 bits per heavy atom. The maximum absolute atomic E-state index is 13.1. The van der Waals surface area contributed by atoms with Crippen molar-refractivity contribution >= 4 is 5.91 Å². The third kappa shape index (κ3) is 2.20. The van der Waals surface area contributed by atoms with E-state index in [9.17, 15) is 14.3 Å². The average molecular weight is 265 g/mol. The molecule has 19 heavy (non-hydrogen) atoms. The number of phenols is 1. The van der Waals surface area contributed by atoms with Crippen molar-refractivity contribution in [1.29, 1.82) is 0 Å². The van der Waals surface area contributed by atoms with Crippen molar-refractivity contribution in [1.82, 2.24) is 5.32 Å². The van der Waals surface area contributed by atoms with Crippen molar-refractivity contribution in [2.24, 2.45) is 16.7 Å². The summed E-state index contributed by atoms with van der Waals surface area (Å²) < 4.78 is 13.1. The quantitative estimate of drug-likeness (QED) is 0.882. The van der Waals surface area contributed by atoms with Gasteiger partial charge in [0.15, 0.2) is 0 Å². The Labute approximate surface area is 112 Å². The lowest BCUT2D eigenvalue weighted by molar-refractivity contribution is 0.0946. The zero-order valence-corrected chi connectivity index (χ0v) is 11.7. The van der Waals surface area contributed by atoms with E-state index in [2.05, 4.69) is 33.0 Å². The summed E-state index contributed by atoms with van der Waals surface area (Å²) in [5.74, 6) is -0.779. The van der Waals surface area contributed by atoms with Crippen molar-refractivity contribution in [2.45, 2.75) is 27.7 Å². The Hall–Kier alpha value is -1.58. The monoisotopic (exact) mass is 265 g/mol. The average Bonchev–Trinajstić information content (AvgIpc) is 2.70. The van der Waals surface area contributed by atoms with Crippen LogP contribution in [0.25, 0.3) is 0 Å². The van der Waals surface area contributed by atoms with Crippen LogP contribution in [-0.2, 0) is 0 Å². The molecule has 0 bridgehead atoms. The lowest BCUT2D eigenvalue weighted by Crippen LogP contribution is -2.27. The smallest absolute Gasteiger partial charge is 0.255 e. The third-order valence-corrected chi connectivity index (χ3v) is 4.99. The van der Waals surface area contributed by atoms with Gasteiger partial charge in [-0.2, -0.15) is 0 Å². The molecule has 1 aliphatic rings. The van der Waals surface area contributed by atoms with Crippen LogP contribution in [0, 0.1) is 22.6 Å². The highest BCUT2D eigenvalue weighted by Gasteiger charge is 2.64. The highest BCUT2D eigenvalue weighted by atomic mass is 19.1. The molecule has 1 aliphatic carbocycles. The number of benzene rings is 1. The number of carbonyl (C=O) groups is 1. The van der Waals surface area contributed by atoms with Crippen LogP contribution < -0.4 is 5.32 Å². The molecule has 1 amide bonds. The van der Waals surface area contributed by atoms with Gasteiger partial charge in [0.1, 0.15) is 11.6 Å². The van der Waals surface area contributed by atoms with Gasteiger partial charge in [-0.3, -0.25) is 4.79 Å². The molecular formula is C15H20FNO2. The second kappa shape index (κ2) is 4.22. The normalized spacial score (nSPS) is 20.1. The molecule has 2 N–H and O–H groups in total. The van der Waals surface area contributed by atoms with E-state index in [0.29, 0.717) is 12.5 Å².